The molecule has 2 bridgehead atoms. The van der Waals surface area contributed by atoms with Crippen LogP contribution in [0, 0.1) is 23.7 Å². The number of aliphatic carboxylic acids is 1. The van der Waals surface area contributed by atoms with Crippen molar-refractivity contribution in [1.82, 2.24) is 0 Å². The number of allylic oxidation sites excluding steroid dienone is 12. The number of fused-ring (bicyclic) bond motifs is 2. The van der Waals surface area contributed by atoms with Crippen LogP contribution in [0.1, 0.15) is 86.0 Å². The minimum atomic E-state index is -1.45. The number of hydrogen-bond donors (Lipinski definition) is 11. The van der Waals surface area contributed by atoms with Gasteiger partial charge < -0.3 is 75.7 Å². The lowest BCUT2D eigenvalue weighted by Crippen LogP contribution is -2.61. The predicted octanol–water partition coefficient (Wildman–Crippen LogP) is 2.03. The normalized spacial score (nSPS) is 45.0. The number of esters is 1. The summed E-state index contributed by atoms with van der Waals surface area (Å²) in [6.45, 7) is 8.35. The highest BCUT2D eigenvalue weighted by atomic mass is 16.7. The number of aliphatic hydroxyl groups excluding tert-OH is 9. The van der Waals surface area contributed by atoms with Gasteiger partial charge in [0.2, 0.25) is 0 Å². The Kier molecular flexibility index (Phi) is 24.3. The van der Waals surface area contributed by atoms with Gasteiger partial charge in [-0.05, 0) is 46.5 Å². The Balaban J connectivity index is 1.84. The summed E-state index contributed by atoms with van der Waals surface area (Å²) in [5.41, 5.74) is 4.73. The largest absolute Gasteiger partial charge is 0.481 e. The molecule has 2 fully saturated rings. The van der Waals surface area contributed by atoms with E-state index in [1.54, 1.807) is 64.2 Å². The standard InChI is InChI=1S/C49H77NO16/c1-29-18-16-14-12-10-8-6-7-9-11-13-15-17-19-33(28-63-48-46(60)43(50)45(59)32(4)65-48)22-40-42(47(61)62)39(56)27-49(5,66-40)26-36(53)24-38(55)37(54)21-20-34(51)23-35(52)25-41(57)64-31(3)30(2)44(29)58/h6-19,29-40,42-46,48,51-56,58-60H,20-28,50H2,1-5H3,(H,61,62)/b7-6-,10-8-,11-9-,14-12-,15-13-,18-16-,19-17-/t29-,30-,31-,32+,33-,34+,35+,36-,37+,38+,39-,40-,42+,43-,44+,45+,46-,48+,49+/m0/s1. The highest BCUT2D eigenvalue weighted by Crippen LogP contribution is 2.39. The molecule has 19 atom stereocenters. The zero-order valence-corrected chi connectivity index (χ0v) is 38.8. The van der Waals surface area contributed by atoms with Crippen LogP contribution >= 0.6 is 0 Å². The van der Waals surface area contributed by atoms with Crippen molar-refractivity contribution >= 4 is 11.9 Å². The van der Waals surface area contributed by atoms with Gasteiger partial charge in [-0.25, -0.2) is 0 Å². The fourth-order valence-corrected chi connectivity index (χ4v) is 8.50. The molecule has 2 saturated heterocycles. The second-order valence-corrected chi connectivity index (χ2v) is 18.5. The molecular weight excluding hydrogens is 859 g/mol. The van der Waals surface area contributed by atoms with Crippen molar-refractivity contribution in [3.63, 3.8) is 0 Å². The summed E-state index contributed by atoms with van der Waals surface area (Å²) in [7, 11) is 0. The number of carboxylic acids is 1. The van der Waals surface area contributed by atoms with E-state index in [1.165, 1.54) is 0 Å². The summed E-state index contributed by atoms with van der Waals surface area (Å²) in [6.07, 6.45) is 8.83. The second kappa shape index (κ2) is 28.2. The number of rotatable bonds is 4. The van der Waals surface area contributed by atoms with Gasteiger partial charge in [0.15, 0.2) is 6.29 Å². The van der Waals surface area contributed by atoms with Crippen molar-refractivity contribution in [2.24, 2.45) is 29.4 Å². The third kappa shape index (κ3) is 18.9. The quantitative estimate of drug-likeness (QED) is 0.180. The summed E-state index contributed by atoms with van der Waals surface area (Å²) in [5, 5.41) is 107. The molecule has 17 nitrogen and oxygen atoms in total. The van der Waals surface area contributed by atoms with Gasteiger partial charge in [-0.3, -0.25) is 9.59 Å². The number of aliphatic hydroxyl groups is 9. The molecular formula is C49H77NO16. The van der Waals surface area contributed by atoms with E-state index in [1.807, 2.05) is 55.5 Å². The molecule has 0 aliphatic carbocycles. The fraction of sp³-hybridized carbons (Fsp3) is 0.673. The zero-order chi connectivity index (χ0) is 49.1. The van der Waals surface area contributed by atoms with Gasteiger partial charge in [0.05, 0.1) is 85.7 Å². The van der Waals surface area contributed by atoms with Crippen molar-refractivity contribution in [2.75, 3.05) is 6.61 Å². The number of hydrogen-bond acceptors (Lipinski definition) is 16. The molecule has 0 aromatic rings. The Bertz CT molecular complexity index is 1680. The zero-order valence-electron chi connectivity index (χ0n) is 38.8. The fourth-order valence-electron chi connectivity index (χ4n) is 8.50. The van der Waals surface area contributed by atoms with Crippen LogP contribution < -0.4 is 5.73 Å². The van der Waals surface area contributed by atoms with Crippen molar-refractivity contribution < 1.29 is 79.6 Å². The van der Waals surface area contributed by atoms with Gasteiger partial charge in [-0.1, -0.05) is 98.9 Å². The van der Waals surface area contributed by atoms with Crippen LogP contribution in [-0.2, 0) is 28.5 Å². The molecule has 0 unspecified atom stereocenters. The molecule has 0 spiro atoms. The molecule has 374 valence electrons. The van der Waals surface area contributed by atoms with Crippen LogP contribution in [0.5, 0.6) is 0 Å². The van der Waals surface area contributed by atoms with Gasteiger partial charge in [0, 0.05) is 37.0 Å². The van der Waals surface area contributed by atoms with Crippen LogP contribution in [0.2, 0.25) is 0 Å². The maximum atomic E-state index is 12.6. The topological polar surface area (TPSA) is 299 Å². The first-order valence-corrected chi connectivity index (χ1v) is 23.1. The Labute approximate surface area is 388 Å². The number of cyclic esters (lactones) is 1. The van der Waals surface area contributed by atoms with Gasteiger partial charge in [-0.15, -0.1) is 0 Å². The number of carbonyl (C=O) groups excluding carboxylic acids is 1. The Morgan fingerprint density at radius 3 is 1.85 bits per heavy atom. The highest BCUT2D eigenvalue weighted by molar-refractivity contribution is 5.71. The van der Waals surface area contributed by atoms with Crippen molar-refractivity contribution in [2.45, 2.75) is 177 Å². The first kappa shape index (κ1) is 56.9. The molecule has 12 N–H and O–H groups in total. The molecule has 3 rings (SSSR count). The average molecular weight is 936 g/mol. The lowest BCUT2D eigenvalue weighted by atomic mass is 9.78. The van der Waals surface area contributed by atoms with E-state index in [4.69, 9.17) is 24.7 Å². The van der Waals surface area contributed by atoms with Crippen LogP contribution in [0.3, 0.4) is 0 Å². The third-order valence-corrected chi connectivity index (χ3v) is 12.6. The SMILES string of the molecule is C[C@@H]1[C@H](O)[C@@H](C)\C=C/C=C\C=C/C=C\C=C/C=C\C=C/[C@H](CO[C@@H]2O[C@H](C)[C@@H](O)[C@H](N)[C@@H]2O)C[C@@H]2O[C@](C)(C[C@@H](O)C[C@@H](O)[C@H](O)CC[C@@H](O)C[C@@H](O)CC(=O)O[C@H]1C)C[C@H](O)[C@H]2C(=O)O. The Morgan fingerprint density at radius 1 is 0.682 bits per heavy atom. The van der Waals surface area contributed by atoms with E-state index in [-0.39, 0.29) is 57.5 Å². The molecule has 0 aromatic carbocycles. The monoisotopic (exact) mass is 936 g/mol. The molecule has 3 heterocycles. The molecule has 0 amide bonds. The van der Waals surface area contributed by atoms with E-state index >= 15 is 0 Å². The summed E-state index contributed by atoms with van der Waals surface area (Å²) in [6, 6.07) is -1.05. The van der Waals surface area contributed by atoms with E-state index < -0.39 is 127 Å². The van der Waals surface area contributed by atoms with E-state index in [0.717, 1.165) is 0 Å². The molecule has 0 saturated carbocycles. The van der Waals surface area contributed by atoms with Crippen molar-refractivity contribution in [1.29, 1.82) is 0 Å². The average Bonchev–Trinajstić information content (AvgIpc) is 3.23. The lowest BCUT2D eigenvalue weighted by Gasteiger charge is -2.46. The highest BCUT2D eigenvalue weighted by Gasteiger charge is 2.49. The molecule has 0 aromatic heterocycles. The predicted molar refractivity (Wildman–Crippen MR) is 245 cm³/mol. The van der Waals surface area contributed by atoms with E-state index in [9.17, 15) is 60.7 Å². The minimum Gasteiger partial charge on any atom is -0.481 e. The van der Waals surface area contributed by atoms with Crippen LogP contribution in [0.25, 0.3) is 0 Å². The molecule has 66 heavy (non-hydrogen) atoms. The van der Waals surface area contributed by atoms with E-state index in [2.05, 4.69) is 0 Å². The molecule has 3 aliphatic heterocycles. The number of carboxylic acid groups (broad SMARTS) is 1. The summed E-state index contributed by atoms with van der Waals surface area (Å²) < 4.78 is 23.6. The van der Waals surface area contributed by atoms with Crippen LogP contribution in [0.15, 0.2) is 85.1 Å². The Morgan fingerprint density at radius 2 is 1.26 bits per heavy atom. The van der Waals surface area contributed by atoms with E-state index in [0.29, 0.717) is 0 Å². The molecule has 17 heteroatoms. The minimum absolute atomic E-state index is 0.00506. The first-order chi connectivity index (χ1) is 31.1. The number of nitrogens with two attached hydrogens (primary N) is 1. The van der Waals surface area contributed by atoms with Gasteiger partial charge in [0.25, 0.3) is 0 Å². The Hall–Kier alpha value is -3.40. The summed E-state index contributed by atoms with van der Waals surface area (Å²) in [5.74, 6) is -4.65. The van der Waals surface area contributed by atoms with Gasteiger partial charge in [0.1, 0.15) is 18.1 Å². The lowest BCUT2D eigenvalue weighted by molar-refractivity contribution is -0.270. The maximum absolute atomic E-state index is 12.6. The second-order valence-electron chi connectivity index (χ2n) is 18.5. The summed E-state index contributed by atoms with van der Waals surface area (Å²) >= 11 is 0. The smallest absolute Gasteiger partial charge is 0.311 e. The number of carbonyl (C=O) groups is 2. The van der Waals surface area contributed by atoms with Gasteiger partial charge in [-0.2, -0.15) is 0 Å². The molecule has 0 radical (unpaired) electrons. The van der Waals surface area contributed by atoms with Crippen LogP contribution in [-0.4, -0.2) is 161 Å². The third-order valence-electron chi connectivity index (χ3n) is 12.6. The maximum Gasteiger partial charge on any atom is 0.311 e. The summed E-state index contributed by atoms with van der Waals surface area (Å²) in [4.78, 5) is 25.2. The van der Waals surface area contributed by atoms with Gasteiger partial charge >= 0.3 is 11.9 Å². The van der Waals surface area contributed by atoms with Crippen molar-refractivity contribution in [3.8, 4) is 0 Å². The van der Waals surface area contributed by atoms with Crippen LogP contribution in [0.4, 0.5) is 0 Å². The van der Waals surface area contributed by atoms with Crippen molar-refractivity contribution in [3.05, 3.63) is 85.1 Å². The molecule has 3 aliphatic rings. The number of ether oxygens (including phenoxy) is 4. The first-order valence-electron chi connectivity index (χ1n) is 23.1.